The number of nitrogens with one attached hydrogen (secondary N) is 1. The minimum Gasteiger partial charge on any atom is -0.389 e. The van der Waals surface area contributed by atoms with Gasteiger partial charge < -0.3 is 11.1 Å². The van der Waals surface area contributed by atoms with Crippen molar-refractivity contribution in [3.05, 3.63) is 63.6 Å². The Bertz CT molecular complexity index is 638. The molecule has 0 unspecified atom stereocenters. The van der Waals surface area contributed by atoms with E-state index in [-0.39, 0.29) is 16.2 Å². The van der Waals surface area contributed by atoms with Crippen molar-refractivity contribution >= 4 is 38.8 Å². The molecule has 0 aliphatic rings. The van der Waals surface area contributed by atoms with Gasteiger partial charge in [0.2, 0.25) is 0 Å². The van der Waals surface area contributed by atoms with Crippen LogP contribution >= 0.6 is 28.1 Å². The Labute approximate surface area is 129 Å². The minimum atomic E-state index is -0.722. The summed E-state index contributed by atoms with van der Waals surface area (Å²) in [6.45, 7) is 0.293. The van der Waals surface area contributed by atoms with Crippen molar-refractivity contribution in [3.8, 4) is 0 Å². The molecule has 0 radical (unpaired) electrons. The lowest BCUT2D eigenvalue weighted by Crippen LogP contribution is -2.12. The third-order valence-electron chi connectivity index (χ3n) is 2.74. The molecule has 0 saturated heterocycles. The minimum absolute atomic E-state index is 0.0415. The van der Waals surface area contributed by atoms with Gasteiger partial charge in [-0.05, 0) is 23.8 Å². The van der Waals surface area contributed by atoms with Crippen LogP contribution in [0.25, 0.3) is 0 Å². The van der Waals surface area contributed by atoms with Gasteiger partial charge in [0, 0.05) is 16.6 Å². The van der Waals surface area contributed by atoms with E-state index in [1.165, 1.54) is 0 Å². The van der Waals surface area contributed by atoms with Crippen LogP contribution in [-0.4, -0.2) is 4.99 Å². The third-order valence-corrected chi connectivity index (χ3v) is 3.75. The van der Waals surface area contributed by atoms with E-state index in [9.17, 15) is 8.78 Å². The first kappa shape index (κ1) is 14.9. The van der Waals surface area contributed by atoms with Crippen LogP contribution in [-0.2, 0) is 6.54 Å². The molecule has 0 fully saturated rings. The first-order valence-electron chi connectivity index (χ1n) is 5.75. The van der Waals surface area contributed by atoms with Crippen LogP contribution in [0.1, 0.15) is 11.1 Å². The second-order valence-electron chi connectivity index (χ2n) is 4.12. The Balaban J connectivity index is 2.22. The lowest BCUT2D eigenvalue weighted by atomic mass is 10.1. The van der Waals surface area contributed by atoms with Crippen LogP contribution in [0.2, 0.25) is 0 Å². The van der Waals surface area contributed by atoms with Crippen molar-refractivity contribution in [1.29, 1.82) is 0 Å². The molecule has 0 aliphatic heterocycles. The summed E-state index contributed by atoms with van der Waals surface area (Å²) in [6, 6.07) is 9.67. The predicted octanol–water partition coefficient (Wildman–Crippen LogP) is 3.97. The van der Waals surface area contributed by atoms with Crippen molar-refractivity contribution in [1.82, 2.24) is 0 Å². The molecule has 2 nitrogen and oxygen atoms in total. The molecular formula is C14H11BrF2N2S. The summed E-state index contributed by atoms with van der Waals surface area (Å²) in [7, 11) is 0. The number of anilines is 1. The standard InChI is InChI=1S/C14H11BrF2N2S/c15-10-4-2-1-3-8(10)7-19-13-11(16)5-9(14(18)20)6-12(13)17/h1-6,19H,7H2,(H2,18,20). The van der Waals surface area contributed by atoms with E-state index in [0.29, 0.717) is 6.54 Å². The van der Waals surface area contributed by atoms with E-state index in [4.69, 9.17) is 18.0 Å². The molecule has 0 amide bonds. The Kier molecular flexibility index (Phi) is 4.67. The predicted molar refractivity (Wildman–Crippen MR) is 83.7 cm³/mol. The van der Waals surface area contributed by atoms with Gasteiger partial charge in [-0.2, -0.15) is 0 Å². The molecule has 0 aromatic heterocycles. The first-order chi connectivity index (χ1) is 9.49. The van der Waals surface area contributed by atoms with Gasteiger partial charge in [0.15, 0.2) is 0 Å². The van der Waals surface area contributed by atoms with E-state index in [1.54, 1.807) is 0 Å². The fraction of sp³-hybridized carbons (Fsp3) is 0.0714. The summed E-state index contributed by atoms with van der Waals surface area (Å²) in [6.07, 6.45) is 0. The molecule has 0 atom stereocenters. The maximum absolute atomic E-state index is 13.8. The van der Waals surface area contributed by atoms with Crippen molar-refractivity contribution in [2.24, 2.45) is 5.73 Å². The molecule has 20 heavy (non-hydrogen) atoms. The average molecular weight is 357 g/mol. The molecule has 2 rings (SSSR count). The Morgan fingerprint density at radius 1 is 1.20 bits per heavy atom. The van der Waals surface area contributed by atoms with Crippen LogP contribution in [0.5, 0.6) is 0 Å². The smallest absolute Gasteiger partial charge is 0.150 e. The molecule has 2 aromatic carbocycles. The Morgan fingerprint density at radius 3 is 2.35 bits per heavy atom. The first-order valence-corrected chi connectivity index (χ1v) is 6.95. The molecular weight excluding hydrogens is 346 g/mol. The van der Waals surface area contributed by atoms with Crippen molar-refractivity contribution in [2.45, 2.75) is 6.54 Å². The quantitative estimate of drug-likeness (QED) is 0.814. The maximum atomic E-state index is 13.8. The van der Waals surface area contributed by atoms with Crippen LogP contribution in [0.4, 0.5) is 14.5 Å². The van der Waals surface area contributed by atoms with E-state index < -0.39 is 11.6 Å². The van der Waals surface area contributed by atoms with E-state index >= 15 is 0 Å². The summed E-state index contributed by atoms with van der Waals surface area (Å²) in [5.41, 5.74) is 6.23. The summed E-state index contributed by atoms with van der Waals surface area (Å²) in [5.74, 6) is -1.44. The highest BCUT2D eigenvalue weighted by Gasteiger charge is 2.12. The zero-order valence-electron chi connectivity index (χ0n) is 10.3. The number of thiocarbonyl (C=S) groups is 1. The lowest BCUT2D eigenvalue weighted by molar-refractivity contribution is 0.587. The van der Waals surface area contributed by atoms with E-state index in [1.807, 2.05) is 24.3 Å². The van der Waals surface area contributed by atoms with E-state index in [2.05, 4.69) is 21.2 Å². The summed E-state index contributed by atoms with van der Waals surface area (Å²) < 4.78 is 28.6. The van der Waals surface area contributed by atoms with Gasteiger partial charge in [-0.3, -0.25) is 0 Å². The van der Waals surface area contributed by atoms with Gasteiger partial charge in [0.1, 0.15) is 22.3 Å². The van der Waals surface area contributed by atoms with Gasteiger partial charge in [-0.25, -0.2) is 8.78 Å². The molecule has 0 saturated carbocycles. The van der Waals surface area contributed by atoms with Gasteiger partial charge in [-0.15, -0.1) is 0 Å². The zero-order chi connectivity index (χ0) is 14.7. The number of benzene rings is 2. The molecule has 2 aromatic rings. The molecule has 104 valence electrons. The summed E-state index contributed by atoms with van der Waals surface area (Å²) in [5, 5.41) is 2.74. The van der Waals surface area contributed by atoms with Gasteiger partial charge in [0.25, 0.3) is 0 Å². The van der Waals surface area contributed by atoms with Crippen LogP contribution < -0.4 is 11.1 Å². The molecule has 0 bridgehead atoms. The highest BCUT2D eigenvalue weighted by atomic mass is 79.9. The molecule has 0 heterocycles. The Morgan fingerprint density at radius 2 is 1.80 bits per heavy atom. The van der Waals surface area contributed by atoms with Crippen molar-refractivity contribution in [3.63, 3.8) is 0 Å². The summed E-state index contributed by atoms with van der Waals surface area (Å²) >= 11 is 8.08. The number of rotatable bonds is 4. The van der Waals surface area contributed by atoms with Gasteiger partial charge in [0.05, 0.1) is 0 Å². The second-order valence-corrected chi connectivity index (χ2v) is 5.42. The topological polar surface area (TPSA) is 38.0 Å². The number of nitrogens with two attached hydrogens (primary N) is 1. The average Bonchev–Trinajstić information content (AvgIpc) is 2.39. The largest absolute Gasteiger partial charge is 0.389 e. The SMILES string of the molecule is NC(=S)c1cc(F)c(NCc2ccccc2Br)c(F)c1. The second kappa shape index (κ2) is 6.28. The van der Waals surface area contributed by atoms with Gasteiger partial charge >= 0.3 is 0 Å². The molecule has 6 heteroatoms. The fourth-order valence-electron chi connectivity index (χ4n) is 1.71. The monoisotopic (exact) mass is 356 g/mol. The molecule has 0 spiro atoms. The fourth-order valence-corrected chi connectivity index (χ4v) is 2.25. The number of hydrogen-bond donors (Lipinski definition) is 2. The molecule has 3 N–H and O–H groups in total. The highest BCUT2D eigenvalue weighted by Crippen LogP contribution is 2.23. The third kappa shape index (κ3) is 3.32. The van der Waals surface area contributed by atoms with E-state index in [0.717, 1.165) is 22.2 Å². The van der Waals surface area contributed by atoms with Crippen molar-refractivity contribution in [2.75, 3.05) is 5.32 Å². The van der Waals surface area contributed by atoms with Crippen LogP contribution in [0.15, 0.2) is 40.9 Å². The number of halogens is 3. The normalized spacial score (nSPS) is 10.3. The van der Waals surface area contributed by atoms with Gasteiger partial charge in [-0.1, -0.05) is 46.3 Å². The summed E-state index contributed by atoms with van der Waals surface area (Å²) in [4.78, 5) is -0.0415. The maximum Gasteiger partial charge on any atom is 0.150 e. The van der Waals surface area contributed by atoms with Crippen LogP contribution in [0, 0.1) is 11.6 Å². The zero-order valence-corrected chi connectivity index (χ0v) is 12.7. The van der Waals surface area contributed by atoms with Crippen LogP contribution in [0.3, 0.4) is 0 Å². The Hall–Kier alpha value is -1.53. The molecule has 0 aliphatic carbocycles. The number of hydrogen-bond acceptors (Lipinski definition) is 2. The van der Waals surface area contributed by atoms with Crippen molar-refractivity contribution < 1.29 is 8.78 Å². The lowest BCUT2D eigenvalue weighted by Gasteiger charge is -2.11. The highest BCUT2D eigenvalue weighted by molar-refractivity contribution is 9.10.